The summed E-state index contributed by atoms with van der Waals surface area (Å²) in [6.07, 6.45) is 2.75. The van der Waals surface area contributed by atoms with E-state index in [9.17, 15) is 9.59 Å². The van der Waals surface area contributed by atoms with Crippen molar-refractivity contribution >= 4 is 27.8 Å². The molecule has 0 spiro atoms. The smallest absolute Gasteiger partial charge is 0.331 e. The molecule has 2 heterocycles. The van der Waals surface area contributed by atoms with Gasteiger partial charge < -0.3 is 9.47 Å². The van der Waals surface area contributed by atoms with Crippen LogP contribution in [-0.4, -0.2) is 32.4 Å². The minimum absolute atomic E-state index is 0.243. The lowest BCUT2D eigenvalue weighted by Crippen LogP contribution is -2.26. The van der Waals surface area contributed by atoms with Gasteiger partial charge in [-0.15, -0.1) is 0 Å². The van der Waals surface area contributed by atoms with Crippen LogP contribution in [0.5, 0.6) is 11.5 Å². The molecule has 0 N–H and O–H groups in total. The van der Waals surface area contributed by atoms with Crippen molar-refractivity contribution in [2.75, 3.05) is 7.11 Å². The fourth-order valence-corrected chi connectivity index (χ4v) is 2.88. The molecular formula is C19H16N4O4. The number of aromatic nitrogens is 4. The topological polar surface area (TPSA) is 88.2 Å². The van der Waals surface area contributed by atoms with Gasteiger partial charge >= 0.3 is 5.97 Å². The predicted octanol–water partition coefficient (Wildman–Crippen LogP) is 1.90. The molecule has 0 aliphatic carbocycles. The first-order valence-electron chi connectivity index (χ1n) is 8.21. The highest BCUT2D eigenvalue weighted by atomic mass is 16.5. The molecule has 0 bridgehead atoms. The lowest BCUT2D eigenvalue weighted by Gasteiger charge is -2.08. The fourth-order valence-electron chi connectivity index (χ4n) is 2.88. The number of nitrogens with zero attached hydrogens (tertiary/aromatic N) is 4. The second-order valence-corrected chi connectivity index (χ2v) is 6.03. The first-order valence-corrected chi connectivity index (χ1v) is 8.21. The van der Waals surface area contributed by atoms with Crippen LogP contribution < -0.4 is 15.0 Å². The summed E-state index contributed by atoms with van der Waals surface area (Å²) in [7, 11) is 3.29. The molecule has 8 heteroatoms. The van der Waals surface area contributed by atoms with E-state index in [-0.39, 0.29) is 12.1 Å². The molecule has 0 saturated carbocycles. The number of methoxy groups -OCH3 is 1. The number of fused-ring (bicyclic) bond motifs is 2. The molecular weight excluding hydrogens is 348 g/mol. The van der Waals surface area contributed by atoms with Crippen LogP contribution in [-0.2, 0) is 18.4 Å². The number of esters is 1. The Morgan fingerprint density at radius 2 is 1.85 bits per heavy atom. The predicted molar refractivity (Wildman–Crippen MR) is 98.9 cm³/mol. The van der Waals surface area contributed by atoms with Crippen molar-refractivity contribution < 1.29 is 14.3 Å². The molecule has 0 atom stereocenters. The largest absolute Gasteiger partial charge is 0.497 e. The van der Waals surface area contributed by atoms with Gasteiger partial charge in [-0.2, -0.15) is 5.10 Å². The zero-order valence-corrected chi connectivity index (χ0v) is 14.7. The van der Waals surface area contributed by atoms with Crippen LogP contribution in [0.15, 0.2) is 53.7 Å². The number of ether oxygens (including phenoxy) is 2. The van der Waals surface area contributed by atoms with Gasteiger partial charge in [0.15, 0.2) is 5.65 Å². The maximum absolute atomic E-state index is 12.4. The van der Waals surface area contributed by atoms with Gasteiger partial charge in [0.2, 0.25) is 0 Å². The zero-order valence-electron chi connectivity index (χ0n) is 14.7. The Kier molecular flexibility index (Phi) is 4.08. The van der Waals surface area contributed by atoms with E-state index in [1.807, 2.05) is 24.3 Å². The van der Waals surface area contributed by atoms with Crippen molar-refractivity contribution in [2.24, 2.45) is 7.05 Å². The van der Waals surface area contributed by atoms with Crippen LogP contribution in [0.2, 0.25) is 0 Å². The molecule has 0 saturated heterocycles. The molecule has 8 nitrogen and oxygen atoms in total. The Labute approximate surface area is 153 Å². The van der Waals surface area contributed by atoms with Crippen molar-refractivity contribution in [2.45, 2.75) is 6.54 Å². The average molecular weight is 364 g/mol. The Hall–Kier alpha value is -3.68. The van der Waals surface area contributed by atoms with E-state index >= 15 is 0 Å². The lowest BCUT2D eigenvalue weighted by molar-refractivity contribution is -0.135. The number of rotatable bonds is 4. The molecule has 2 aromatic carbocycles. The van der Waals surface area contributed by atoms with E-state index in [4.69, 9.17) is 9.47 Å². The maximum Gasteiger partial charge on any atom is 0.331 e. The van der Waals surface area contributed by atoms with Crippen LogP contribution >= 0.6 is 0 Å². The highest BCUT2D eigenvalue weighted by molar-refractivity contribution is 5.86. The van der Waals surface area contributed by atoms with Crippen LogP contribution in [0.4, 0.5) is 0 Å². The van der Waals surface area contributed by atoms with E-state index in [2.05, 4.69) is 10.1 Å². The second-order valence-electron chi connectivity index (χ2n) is 6.03. The van der Waals surface area contributed by atoms with E-state index in [0.717, 1.165) is 10.8 Å². The molecule has 0 aliphatic rings. The molecule has 27 heavy (non-hydrogen) atoms. The van der Waals surface area contributed by atoms with Gasteiger partial charge in [0.25, 0.3) is 5.56 Å². The SMILES string of the molecule is COc1ccc2ccc(OC(=O)Cn3cnc4c(cnn4C)c3=O)cc2c1. The van der Waals surface area contributed by atoms with Gasteiger partial charge in [-0.3, -0.25) is 14.0 Å². The Balaban J connectivity index is 1.56. The fraction of sp³-hybridized carbons (Fsp3) is 0.158. The summed E-state index contributed by atoms with van der Waals surface area (Å²) in [5, 5.41) is 6.24. The van der Waals surface area contributed by atoms with Crippen molar-refractivity contribution in [3.05, 3.63) is 59.3 Å². The van der Waals surface area contributed by atoms with Crippen molar-refractivity contribution in [1.82, 2.24) is 19.3 Å². The Morgan fingerprint density at radius 3 is 2.63 bits per heavy atom. The first-order chi connectivity index (χ1) is 13.0. The number of benzene rings is 2. The van der Waals surface area contributed by atoms with E-state index in [0.29, 0.717) is 22.5 Å². The summed E-state index contributed by atoms with van der Waals surface area (Å²) in [5.41, 5.74) is 0.126. The standard InChI is InChI=1S/C19H16N4O4/c1-22-18-16(9-21-22)19(25)23(11-20-18)10-17(24)27-15-6-4-12-3-5-14(26-2)7-13(12)8-15/h3-9,11H,10H2,1-2H3. The summed E-state index contributed by atoms with van der Waals surface area (Å²) >= 11 is 0. The van der Waals surface area contributed by atoms with Crippen LogP contribution in [0, 0.1) is 0 Å². The summed E-state index contributed by atoms with van der Waals surface area (Å²) in [5.74, 6) is 0.543. The number of aryl methyl sites for hydroxylation is 1. The Morgan fingerprint density at radius 1 is 1.11 bits per heavy atom. The van der Waals surface area contributed by atoms with Crippen molar-refractivity contribution in [1.29, 1.82) is 0 Å². The van der Waals surface area contributed by atoms with Crippen molar-refractivity contribution in [3.63, 3.8) is 0 Å². The Bertz CT molecular complexity index is 1230. The third-order valence-corrected chi connectivity index (χ3v) is 4.27. The van der Waals surface area contributed by atoms with E-state index in [1.165, 1.54) is 21.8 Å². The molecule has 0 radical (unpaired) electrons. The quantitative estimate of drug-likeness (QED) is 0.406. The van der Waals surface area contributed by atoms with Gasteiger partial charge in [0.05, 0.1) is 13.3 Å². The van der Waals surface area contributed by atoms with Crippen LogP contribution in [0.25, 0.3) is 21.8 Å². The van der Waals surface area contributed by atoms with Crippen LogP contribution in [0.3, 0.4) is 0 Å². The molecule has 136 valence electrons. The maximum atomic E-state index is 12.4. The van der Waals surface area contributed by atoms with Gasteiger partial charge in [-0.05, 0) is 35.0 Å². The monoisotopic (exact) mass is 364 g/mol. The lowest BCUT2D eigenvalue weighted by atomic mass is 10.1. The molecule has 0 amide bonds. The van der Waals surface area contributed by atoms with Gasteiger partial charge in [-0.25, -0.2) is 9.78 Å². The molecule has 2 aromatic heterocycles. The second kappa shape index (κ2) is 6.56. The normalized spacial score (nSPS) is 11.0. The van der Waals surface area contributed by atoms with Gasteiger partial charge in [0.1, 0.15) is 29.8 Å². The minimum Gasteiger partial charge on any atom is -0.497 e. The average Bonchev–Trinajstić information content (AvgIpc) is 3.05. The minimum atomic E-state index is -0.565. The summed E-state index contributed by atoms with van der Waals surface area (Å²) in [6, 6.07) is 11.0. The summed E-state index contributed by atoms with van der Waals surface area (Å²) in [4.78, 5) is 28.9. The van der Waals surface area contributed by atoms with Crippen LogP contribution in [0.1, 0.15) is 0 Å². The third-order valence-electron chi connectivity index (χ3n) is 4.27. The summed E-state index contributed by atoms with van der Waals surface area (Å²) in [6.45, 7) is -0.243. The van der Waals surface area contributed by atoms with E-state index in [1.54, 1.807) is 26.3 Å². The summed E-state index contributed by atoms with van der Waals surface area (Å²) < 4.78 is 13.3. The number of hydrogen-bond acceptors (Lipinski definition) is 6. The molecule has 4 rings (SSSR count). The molecule has 4 aromatic rings. The number of hydrogen-bond donors (Lipinski definition) is 0. The molecule has 0 fully saturated rings. The van der Waals surface area contributed by atoms with Gasteiger partial charge in [0, 0.05) is 7.05 Å². The highest BCUT2D eigenvalue weighted by Gasteiger charge is 2.12. The first kappa shape index (κ1) is 16.8. The number of carbonyl (C=O) groups is 1. The zero-order chi connectivity index (χ0) is 19.0. The molecule has 0 aliphatic heterocycles. The van der Waals surface area contributed by atoms with Crippen molar-refractivity contribution in [3.8, 4) is 11.5 Å². The van der Waals surface area contributed by atoms with E-state index < -0.39 is 5.97 Å². The highest BCUT2D eigenvalue weighted by Crippen LogP contribution is 2.25. The molecule has 0 unspecified atom stereocenters. The van der Waals surface area contributed by atoms with Gasteiger partial charge in [-0.1, -0.05) is 12.1 Å². The number of carbonyl (C=O) groups excluding carboxylic acids is 1. The third kappa shape index (κ3) is 3.12.